The summed E-state index contributed by atoms with van der Waals surface area (Å²) in [4.78, 5) is 21.2. The molecule has 0 bridgehead atoms. The number of hydrogen-bond acceptors (Lipinski definition) is 5. The molecule has 1 amide bonds. The predicted molar refractivity (Wildman–Crippen MR) is 111 cm³/mol. The molecule has 0 aliphatic rings. The highest BCUT2D eigenvalue weighted by atomic mass is 16.5. The lowest BCUT2D eigenvalue weighted by Crippen LogP contribution is -2.15. The summed E-state index contributed by atoms with van der Waals surface area (Å²) in [5.74, 6) is 0.929. The van der Waals surface area contributed by atoms with Crippen LogP contribution >= 0.6 is 0 Å². The van der Waals surface area contributed by atoms with Gasteiger partial charge in [-0.1, -0.05) is 38.1 Å². The first-order valence-corrected chi connectivity index (χ1v) is 9.29. The topological polar surface area (TPSA) is 76.1 Å². The highest BCUT2D eigenvalue weighted by molar-refractivity contribution is 6.04. The zero-order chi connectivity index (χ0) is 19.9. The van der Waals surface area contributed by atoms with Crippen LogP contribution in [0.4, 0.5) is 17.3 Å². The van der Waals surface area contributed by atoms with E-state index in [4.69, 9.17) is 4.74 Å². The maximum atomic E-state index is 12.7. The summed E-state index contributed by atoms with van der Waals surface area (Å²) < 4.78 is 5.20. The van der Waals surface area contributed by atoms with Crippen LogP contribution in [0.25, 0.3) is 0 Å². The van der Waals surface area contributed by atoms with Crippen LogP contribution in [0.15, 0.2) is 54.9 Å². The van der Waals surface area contributed by atoms with Crippen molar-refractivity contribution in [1.29, 1.82) is 0 Å². The summed E-state index contributed by atoms with van der Waals surface area (Å²) in [5, 5.41) is 6.12. The monoisotopic (exact) mass is 376 g/mol. The van der Waals surface area contributed by atoms with E-state index in [1.807, 2.05) is 42.5 Å². The largest absolute Gasteiger partial charge is 0.497 e. The number of ether oxygens (including phenoxy) is 1. The van der Waals surface area contributed by atoms with Crippen LogP contribution in [0.2, 0.25) is 0 Å². The summed E-state index contributed by atoms with van der Waals surface area (Å²) in [6.45, 7) is 4.15. The van der Waals surface area contributed by atoms with Gasteiger partial charge in [0.05, 0.1) is 12.7 Å². The zero-order valence-corrected chi connectivity index (χ0v) is 16.3. The van der Waals surface area contributed by atoms with Gasteiger partial charge in [0.15, 0.2) is 0 Å². The Bertz CT molecular complexity index is 933. The molecule has 28 heavy (non-hydrogen) atoms. The van der Waals surface area contributed by atoms with Gasteiger partial charge in [0.2, 0.25) is 5.95 Å². The molecule has 0 saturated heterocycles. The van der Waals surface area contributed by atoms with Crippen molar-refractivity contribution in [3.63, 3.8) is 0 Å². The van der Waals surface area contributed by atoms with E-state index in [0.29, 0.717) is 11.5 Å². The maximum absolute atomic E-state index is 12.7. The van der Waals surface area contributed by atoms with Gasteiger partial charge in [0, 0.05) is 29.8 Å². The molecule has 0 unspecified atom stereocenters. The van der Waals surface area contributed by atoms with Gasteiger partial charge in [-0.15, -0.1) is 0 Å². The van der Waals surface area contributed by atoms with Gasteiger partial charge in [-0.05, 0) is 36.1 Å². The third kappa shape index (κ3) is 4.46. The van der Waals surface area contributed by atoms with Gasteiger partial charge in [-0.3, -0.25) is 4.79 Å². The first-order chi connectivity index (χ1) is 13.6. The van der Waals surface area contributed by atoms with Crippen LogP contribution in [0.3, 0.4) is 0 Å². The van der Waals surface area contributed by atoms with E-state index in [-0.39, 0.29) is 5.91 Å². The number of carbonyl (C=O) groups is 1. The van der Waals surface area contributed by atoms with Crippen molar-refractivity contribution >= 4 is 23.2 Å². The van der Waals surface area contributed by atoms with Gasteiger partial charge in [0.25, 0.3) is 5.91 Å². The van der Waals surface area contributed by atoms with Crippen LogP contribution < -0.4 is 15.4 Å². The summed E-state index contributed by atoms with van der Waals surface area (Å²) in [5.41, 5.74) is 4.33. The van der Waals surface area contributed by atoms with Gasteiger partial charge in [0.1, 0.15) is 5.75 Å². The third-order valence-corrected chi connectivity index (χ3v) is 4.48. The van der Waals surface area contributed by atoms with Gasteiger partial charge < -0.3 is 15.4 Å². The molecule has 3 aromatic rings. The van der Waals surface area contributed by atoms with Gasteiger partial charge >= 0.3 is 0 Å². The number of carbonyl (C=O) groups excluding carboxylic acids is 1. The molecule has 0 aliphatic carbocycles. The molecule has 144 valence electrons. The van der Waals surface area contributed by atoms with Crippen molar-refractivity contribution in [3.05, 3.63) is 71.5 Å². The molecule has 6 nitrogen and oxygen atoms in total. The number of para-hydroxylation sites is 1. The van der Waals surface area contributed by atoms with E-state index in [2.05, 4.69) is 34.4 Å². The Morgan fingerprint density at radius 2 is 1.64 bits per heavy atom. The Hall–Kier alpha value is -3.41. The number of methoxy groups -OCH3 is 1. The Morgan fingerprint density at radius 3 is 2.25 bits per heavy atom. The quantitative estimate of drug-likeness (QED) is 0.630. The summed E-state index contributed by atoms with van der Waals surface area (Å²) in [6.07, 6.45) is 4.74. The Labute approximate surface area is 165 Å². The minimum Gasteiger partial charge on any atom is -0.497 e. The van der Waals surface area contributed by atoms with Crippen molar-refractivity contribution in [2.45, 2.75) is 26.7 Å². The molecule has 1 heterocycles. The third-order valence-electron chi connectivity index (χ3n) is 4.48. The lowest BCUT2D eigenvalue weighted by atomic mass is 10.0. The minimum atomic E-state index is -0.219. The Kier molecular flexibility index (Phi) is 6.22. The van der Waals surface area contributed by atoms with E-state index >= 15 is 0 Å². The van der Waals surface area contributed by atoms with E-state index in [1.54, 1.807) is 7.11 Å². The SMILES string of the molecule is CCc1cccc(CC)c1NC(=O)c1cnc(Nc2cccc(OC)c2)nc1. The fourth-order valence-corrected chi connectivity index (χ4v) is 2.93. The molecule has 1 aromatic heterocycles. The highest BCUT2D eigenvalue weighted by Crippen LogP contribution is 2.23. The Balaban J connectivity index is 1.74. The molecule has 6 heteroatoms. The van der Waals surface area contributed by atoms with Crippen LogP contribution in [0, 0.1) is 0 Å². The zero-order valence-electron chi connectivity index (χ0n) is 16.3. The standard InChI is InChI=1S/C22H24N4O2/c1-4-15-8-6-9-16(5-2)20(15)26-21(27)17-13-23-22(24-14-17)25-18-10-7-11-19(12-18)28-3/h6-14H,4-5H2,1-3H3,(H,26,27)(H,23,24,25). The summed E-state index contributed by atoms with van der Waals surface area (Å²) in [6, 6.07) is 13.6. The second-order valence-corrected chi connectivity index (χ2v) is 6.26. The van der Waals surface area contributed by atoms with Crippen molar-refractivity contribution in [2.75, 3.05) is 17.7 Å². The first-order valence-electron chi connectivity index (χ1n) is 9.29. The molecule has 2 N–H and O–H groups in total. The normalized spacial score (nSPS) is 10.4. The van der Waals surface area contributed by atoms with Crippen molar-refractivity contribution in [1.82, 2.24) is 9.97 Å². The second-order valence-electron chi connectivity index (χ2n) is 6.26. The maximum Gasteiger partial charge on any atom is 0.258 e. The number of hydrogen-bond donors (Lipinski definition) is 2. The highest BCUT2D eigenvalue weighted by Gasteiger charge is 2.13. The van der Waals surface area contributed by atoms with Gasteiger partial charge in [-0.2, -0.15) is 0 Å². The Morgan fingerprint density at radius 1 is 1.00 bits per heavy atom. The number of nitrogens with zero attached hydrogens (tertiary/aromatic N) is 2. The molecule has 0 atom stereocenters. The molecular formula is C22H24N4O2. The van der Waals surface area contributed by atoms with Crippen LogP contribution in [0.1, 0.15) is 35.3 Å². The number of nitrogens with one attached hydrogen (secondary N) is 2. The lowest BCUT2D eigenvalue weighted by Gasteiger charge is -2.14. The fourth-order valence-electron chi connectivity index (χ4n) is 2.93. The fraction of sp³-hybridized carbons (Fsp3) is 0.227. The molecule has 0 radical (unpaired) electrons. The number of rotatable bonds is 7. The predicted octanol–water partition coefficient (Wildman–Crippen LogP) is 4.61. The van der Waals surface area contributed by atoms with Crippen molar-refractivity contribution < 1.29 is 9.53 Å². The van der Waals surface area contributed by atoms with E-state index < -0.39 is 0 Å². The smallest absolute Gasteiger partial charge is 0.258 e. The lowest BCUT2D eigenvalue weighted by molar-refractivity contribution is 0.102. The molecule has 3 rings (SSSR count). The average molecular weight is 376 g/mol. The molecule has 0 fully saturated rings. The summed E-state index contributed by atoms with van der Waals surface area (Å²) >= 11 is 0. The molecule has 2 aromatic carbocycles. The van der Waals surface area contributed by atoms with E-state index in [9.17, 15) is 4.79 Å². The van der Waals surface area contributed by atoms with Crippen LogP contribution in [0.5, 0.6) is 5.75 Å². The molecular weight excluding hydrogens is 352 g/mol. The van der Waals surface area contributed by atoms with Crippen LogP contribution in [-0.2, 0) is 12.8 Å². The van der Waals surface area contributed by atoms with Crippen molar-refractivity contribution in [3.8, 4) is 5.75 Å². The first kappa shape index (κ1) is 19.4. The van der Waals surface area contributed by atoms with Crippen LogP contribution in [-0.4, -0.2) is 23.0 Å². The molecule has 0 aliphatic heterocycles. The number of anilines is 3. The number of aryl methyl sites for hydroxylation is 2. The number of aromatic nitrogens is 2. The van der Waals surface area contributed by atoms with Gasteiger partial charge in [-0.25, -0.2) is 9.97 Å². The second kappa shape index (κ2) is 8.99. The van der Waals surface area contributed by atoms with E-state index in [1.165, 1.54) is 12.4 Å². The van der Waals surface area contributed by atoms with Crippen molar-refractivity contribution in [2.24, 2.45) is 0 Å². The number of benzene rings is 2. The number of amides is 1. The summed E-state index contributed by atoms with van der Waals surface area (Å²) in [7, 11) is 1.61. The molecule has 0 spiro atoms. The molecule has 0 saturated carbocycles. The van der Waals surface area contributed by atoms with E-state index in [0.717, 1.165) is 41.1 Å². The minimum absolute atomic E-state index is 0.219. The average Bonchev–Trinajstić information content (AvgIpc) is 2.74.